The third-order valence-electron chi connectivity index (χ3n) is 4.11. The fourth-order valence-electron chi connectivity index (χ4n) is 3.17. The Labute approximate surface area is 125 Å². The lowest BCUT2D eigenvalue weighted by atomic mass is 9.99. The monoisotopic (exact) mass is 344 g/mol. The van der Waals surface area contributed by atoms with Crippen molar-refractivity contribution in [3.05, 3.63) is 28.2 Å². The van der Waals surface area contributed by atoms with E-state index in [-0.39, 0.29) is 11.4 Å². The molecule has 0 amide bonds. The summed E-state index contributed by atoms with van der Waals surface area (Å²) in [6.45, 7) is 2.22. The van der Waals surface area contributed by atoms with Crippen molar-refractivity contribution >= 4 is 38.6 Å². The van der Waals surface area contributed by atoms with E-state index in [2.05, 4.69) is 32.4 Å². The van der Waals surface area contributed by atoms with Crippen LogP contribution in [0.4, 0.5) is 4.39 Å². The van der Waals surface area contributed by atoms with Gasteiger partial charge in [0.1, 0.15) is 11.6 Å². The van der Waals surface area contributed by atoms with Crippen LogP contribution in [-0.2, 0) is 11.4 Å². The van der Waals surface area contributed by atoms with E-state index in [0.717, 1.165) is 29.7 Å². The molecule has 1 aliphatic rings. The lowest BCUT2D eigenvalue weighted by molar-refractivity contribution is 0.331. The van der Waals surface area contributed by atoms with Crippen LogP contribution in [-0.4, -0.2) is 9.55 Å². The van der Waals surface area contributed by atoms with Gasteiger partial charge in [-0.3, -0.25) is 0 Å². The van der Waals surface area contributed by atoms with Gasteiger partial charge in [0.05, 0.1) is 21.4 Å². The first-order chi connectivity index (χ1) is 9.05. The first-order valence-electron chi connectivity index (χ1n) is 6.48. The number of rotatable bonds is 2. The lowest BCUT2D eigenvalue weighted by Crippen LogP contribution is -2.27. The van der Waals surface area contributed by atoms with Gasteiger partial charge in [0.15, 0.2) is 0 Å². The maximum absolute atomic E-state index is 13.8. The van der Waals surface area contributed by atoms with Crippen LogP contribution in [0.2, 0.25) is 0 Å². The van der Waals surface area contributed by atoms with Crippen LogP contribution in [0.5, 0.6) is 0 Å². The summed E-state index contributed by atoms with van der Waals surface area (Å²) in [6.07, 6.45) is 4.61. The lowest BCUT2D eigenvalue weighted by Gasteiger charge is -2.28. The summed E-state index contributed by atoms with van der Waals surface area (Å²) in [5.41, 5.74) is 1.66. The fraction of sp³-hybridized carbons (Fsp3) is 0.500. The Kier molecular flexibility index (Phi) is 3.34. The van der Waals surface area contributed by atoms with Crippen LogP contribution in [0.3, 0.4) is 0 Å². The standard InChI is InChI=1S/C14H15BrClFN2/c1-14(4-2-3-5-14)19-12-7-10(17)9(15)6-11(12)18-13(19)8-16/h6-7H,2-5,8H2,1H3. The van der Waals surface area contributed by atoms with Gasteiger partial charge in [-0.2, -0.15) is 0 Å². The summed E-state index contributed by atoms with van der Waals surface area (Å²) in [5, 5.41) is 0. The second-order valence-corrected chi connectivity index (χ2v) is 6.58. The number of hydrogen-bond acceptors (Lipinski definition) is 1. The molecule has 0 aliphatic heterocycles. The Morgan fingerprint density at radius 1 is 1.42 bits per heavy atom. The van der Waals surface area contributed by atoms with E-state index < -0.39 is 0 Å². The Bertz CT molecular complexity index is 632. The molecule has 1 saturated carbocycles. The van der Waals surface area contributed by atoms with Crippen LogP contribution < -0.4 is 0 Å². The van der Waals surface area contributed by atoms with Crippen molar-refractivity contribution in [2.24, 2.45) is 0 Å². The summed E-state index contributed by atoms with van der Waals surface area (Å²) in [4.78, 5) is 4.56. The molecule has 0 unspecified atom stereocenters. The molecule has 2 nitrogen and oxygen atoms in total. The van der Waals surface area contributed by atoms with Gasteiger partial charge in [-0.25, -0.2) is 9.37 Å². The van der Waals surface area contributed by atoms with Crippen molar-refractivity contribution in [1.82, 2.24) is 9.55 Å². The Balaban J connectivity index is 2.29. The number of fused-ring (bicyclic) bond motifs is 1. The highest BCUT2D eigenvalue weighted by atomic mass is 79.9. The maximum atomic E-state index is 13.8. The van der Waals surface area contributed by atoms with Gasteiger partial charge in [-0.15, -0.1) is 11.6 Å². The molecule has 0 spiro atoms. The first kappa shape index (κ1) is 13.4. The predicted octanol–water partition coefficient (Wildman–Crippen LogP) is 4.97. The minimum atomic E-state index is -0.253. The van der Waals surface area contributed by atoms with Crippen molar-refractivity contribution in [2.45, 2.75) is 44.0 Å². The normalized spacial score (nSPS) is 18.3. The largest absolute Gasteiger partial charge is 0.321 e. The molecule has 0 atom stereocenters. The van der Waals surface area contributed by atoms with Crippen LogP contribution >= 0.6 is 27.5 Å². The van der Waals surface area contributed by atoms with Gasteiger partial charge < -0.3 is 4.57 Å². The van der Waals surface area contributed by atoms with E-state index in [1.54, 1.807) is 12.1 Å². The van der Waals surface area contributed by atoms with Crippen molar-refractivity contribution < 1.29 is 4.39 Å². The van der Waals surface area contributed by atoms with Crippen LogP contribution in [0.1, 0.15) is 38.4 Å². The number of alkyl halides is 1. The smallest absolute Gasteiger partial charge is 0.139 e. The first-order valence-corrected chi connectivity index (χ1v) is 7.81. The summed E-state index contributed by atoms with van der Waals surface area (Å²) in [6, 6.07) is 3.29. The average Bonchev–Trinajstić information content (AvgIpc) is 2.94. The van der Waals surface area contributed by atoms with Gasteiger partial charge in [-0.05, 0) is 41.8 Å². The Morgan fingerprint density at radius 2 is 2.11 bits per heavy atom. The third kappa shape index (κ3) is 2.09. The highest BCUT2D eigenvalue weighted by Crippen LogP contribution is 2.40. The molecule has 1 heterocycles. The molecular formula is C14H15BrClFN2. The summed E-state index contributed by atoms with van der Waals surface area (Å²) < 4.78 is 16.4. The summed E-state index contributed by atoms with van der Waals surface area (Å²) in [5.74, 6) is 0.929. The zero-order valence-electron chi connectivity index (χ0n) is 10.7. The van der Waals surface area contributed by atoms with E-state index in [9.17, 15) is 4.39 Å². The molecule has 0 saturated heterocycles. The zero-order valence-corrected chi connectivity index (χ0v) is 13.1. The minimum absolute atomic E-state index is 0.0131. The minimum Gasteiger partial charge on any atom is -0.321 e. The van der Waals surface area contributed by atoms with E-state index >= 15 is 0 Å². The topological polar surface area (TPSA) is 17.8 Å². The summed E-state index contributed by atoms with van der Waals surface area (Å²) in [7, 11) is 0. The molecular weight excluding hydrogens is 331 g/mol. The van der Waals surface area contributed by atoms with Gasteiger partial charge >= 0.3 is 0 Å². The molecule has 102 valence electrons. The van der Waals surface area contributed by atoms with Gasteiger partial charge in [-0.1, -0.05) is 12.8 Å². The molecule has 5 heteroatoms. The molecule has 19 heavy (non-hydrogen) atoms. The highest BCUT2D eigenvalue weighted by molar-refractivity contribution is 9.10. The molecule has 1 aromatic heterocycles. The van der Waals surface area contributed by atoms with Crippen molar-refractivity contribution in [1.29, 1.82) is 0 Å². The molecule has 1 fully saturated rings. The van der Waals surface area contributed by atoms with Gasteiger partial charge in [0.2, 0.25) is 0 Å². The fourth-order valence-corrected chi connectivity index (χ4v) is 3.69. The number of halogens is 3. The molecule has 1 aliphatic carbocycles. The Hall–Kier alpha value is -0.610. The number of nitrogens with zero attached hydrogens (tertiary/aromatic N) is 2. The predicted molar refractivity (Wildman–Crippen MR) is 79.1 cm³/mol. The third-order valence-corrected chi connectivity index (χ3v) is 4.95. The SMILES string of the molecule is CC1(n2c(CCl)nc3cc(Br)c(F)cc32)CCCC1. The zero-order chi connectivity index (χ0) is 13.6. The Morgan fingerprint density at radius 3 is 2.74 bits per heavy atom. The maximum Gasteiger partial charge on any atom is 0.139 e. The molecule has 1 aromatic carbocycles. The van der Waals surface area contributed by atoms with Gasteiger partial charge in [0.25, 0.3) is 0 Å². The van der Waals surface area contributed by atoms with Crippen molar-refractivity contribution in [3.8, 4) is 0 Å². The van der Waals surface area contributed by atoms with E-state index in [0.29, 0.717) is 10.4 Å². The van der Waals surface area contributed by atoms with E-state index in [1.165, 1.54) is 12.8 Å². The average molecular weight is 346 g/mol. The second-order valence-electron chi connectivity index (χ2n) is 5.46. The molecule has 0 radical (unpaired) electrons. The molecule has 0 bridgehead atoms. The van der Waals surface area contributed by atoms with Gasteiger partial charge in [0, 0.05) is 11.6 Å². The highest BCUT2D eigenvalue weighted by Gasteiger charge is 2.33. The second kappa shape index (κ2) is 4.74. The van der Waals surface area contributed by atoms with Crippen LogP contribution in [0, 0.1) is 5.82 Å². The molecule has 0 N–H and O–H groups in total. The number of imidazole rings is 1. The van der Waals surface area contributed by atoms with Crippen LogP contribution in [0.25, 0.3) is 11.0 Å². The number of benzene rings is 1. The quantitative estimate of drug-likeness (QED) is 0.703. The summed E-state index contributed by atoms with van der Waals surface area (Å²) >= 11 is 9.25. The number of aromatic nitrogens is 2. The molecule has 2 aromatic rings. The van der Waals surface area contributed by atoms with E-state index in [4.69, 9.17) is 11.6 Å². The number of hydrogen-bond donors (Lipinski definition) is 0. The van der Waals surface area contributed by atoms with E-state index in [1.807, 2.05) is 0 Å². The molecule has 3 rings (SSSR count). The van der Waals surface area contributed by atoms with Crippen molar-refractivity contribution in [2.75, 3.05) is 0 Å². The van der Waals surface area contributed by atoms with Crippen molar-refractivity contribution in [3.63, 3.8) is 0 Å². The van der Waals surface area contributed by atoms with Crippen LogP contribution in [0.15, 0.2) is 16.6 Å².